The van der Waals surface area contributed by atoms with Crippen LogP contribution in [0.1, 0.15) is 39.0 Å². The second-order valence-corrected chi connectivity index (χ2v) is 7.79. The van der Waals surface area contributed by atoms with Crippen molar-refractivity contribution in [1.82, 2.24) is 15.0 Å². The molecule has 2 heterocycles. The van der Waals surface area contributed by atoms with Gasteiger partial charge in [-0.3, -0.25) is 4.79 Å². The van der Waals surface area contributed by atoms with Crippen molar-refractivity contribution in [1.29, 1.82) is 0 Å². The second kappa shape index (κ2) is 9.39. The number of aromatic nitrogens is 2. The number of likely N-dealkylation sites (tertiary alicyclic amines) is 1. The lowest BCUT2D eigenvalue weighted by molar-refractivity contribution is -0.134. The zero-order valence-electron chi connectivity index (χ0n) is 16.7. The molecule has 1 aromatic heterocycles. The van der Waals surface area contributed by atoms with Gasteiger partial charge < -0.3 is 19.9 Å². The SMILES string of the molecule is COc1ccc(-c2noc(CCCC(=O)N3CCC(N)C(C)(C)C3)n2)cc1.Cl. The van der Waals surface area contributed by atoms with E-state index >= 15 is 0 Å². The molecular weight excluding hydrogens is 380 g/mol. The number of piperidine rings is 1. The Morgan fingerprint density at radius 1 is 1.36 bits per heavy atom. The molecule has 1 aliphatic rings. The van der Waals surface area contributed by atoms with Gasteiger partial charge >= 0.3 is 0 Å². The quantitative estimate of drug-likeness (QED) is 0.789. The zero-order chi connectivity index (χ0) is 19.4. The van der Waals surface area contributed by atoms with E-state index in [1.165, 1.54) is 0 Å². The summed E-state index contributed by atoms with van der Waals surface area (Å²) in [6.07, 6.45) is 2.61. The number of ether oxygens (including phenoxy) is 1. The van der Waals surface area contributed by atoms with Gasteiger partial charge in [0, 0.05) is 37.5 Å². The van der Waals surface area contributed by atoms with E-state index in [1.807, 2.05) is 29.2 Å². The van der Waals surface area contributed by atoms with E-state index in [0.29, 0.717) is 31.0 Å². The molecule has 28 heavy (non-hydrogen) atoms. The Kier molecular flexibility index (Phi) is 7.43. The molecule has 2 N–H and O–H groups in total. The first-order chi connectivity index (χ1) is 12.9. The maximum atomic E-state index is 12.5. The number of carbonyl (C=O) groups is 1. The average molecular weight is 409 g/mol. The van der Waals surface area contributed by atoms with E-state index in [4.69, 9.17) is 15.0 Å². The second-order valence-electron chi connectivity index (χ2n) is 7.79. The smallest absolute Gasteiger partial charge is 0.226 e. The monoisotopic (exact) mass is 408 g/mol. The number of nitrogens with two attached hydrogens (primary N) is 1. The van der Waals surface area contributed by atoms with Crippen molar-refractivity contribution in [3.63, 3.8) is 0 Å². The third-order valence-electron chi connectivity index (χ3n) is 5.26. The van der Waals surface area contributed by atoms with Gasteiger partial charge in [-0.1, -0.05) is 19.0 Å². The number of hydrogen-bond donors (Lipinski definition) is 1. The first kappa shape index (κ1) is 22.2. The lowest BCUT2D eigenvalue weighted by Gasteiger charge is -2.42. The normalized spacial score (nSPS) is 18.4. The van der Waals surface area contributed by atoms with Crippen LogP contribution >= 0.6 is 12.4 Å². The molecule has 2 aromatic rings. The molecule has 1 unspecified atom stereocenters. The van der Waals surface area contributed by atoms with E-state index in [0.717, 1.165) is 30.8 Å². The standard InChI is InChI=1S/C20H28N4O3.ClH/c1-20(2)13-24(12-11-16(20)21)18(25)6-4-5-17-22-19(23-27-17)14-7-9-15(26-3)10-8-14;/h7-10,16H,4-6,11-13,21H2,1-3H3;1H. The Morgan fingerprint density at radius 3 is 2.71 bits per heavy atom. The topological polar surface area (TPSA) is 94.5 Å². The summed E-state index contributed by atoms with van der Waals surface area (Å²) in [5, 5.41) is 4.02. The highest BCUT2D eigenvalue weighted by molar-refractivity contribution is 5.85. The van der Waals surface area contributed by atoms with Crippen molar-refractivity contribution in [3.05, 3.63) is 30.2 Å². The maximum Gasteiger partial charge on any atom is 0.226 e. The number of amides is 1. The molecule has 154 valence electrons. The van der Waals surface area contributed by atoms with Gasteiger partial charge in [-0.25, -0.2) is 0 Å². The van der Waals surface area contributed by atoms with Crippen LogP contribution in [0.25, 0.3) is 11.4 Å². The van der Waals surface area contributed by atoms with Gasteiger partial charge in [-0.05, 0) is 42.5 Å². The summed E-state index contributed by atoms with van der Waals surface area (Å²) in [7, 11) is 1.63. The van der Waals surface area contributed by atoms with E-state index in [9.17, 15) is 4.79 Å². The largest absolute Gasteiger partial charge is 0.497 e. The molecule has 0 aliphatic carbocycles. The van der Waals surface area contributed by atoms with Gasteiger partial charge in [0.2, 0.25) is 17.6 Å². The number of nitrogens with zero attached hydrogens (tertiary/aromatic N) is 3. The molecule has 7 nitrogen and oxygen atoms in total. The molecule has 1 atom stereocenters. The molecule has 1 saturated heterocycles. The Hall–Kier alpha value is -2.12. The Balaban J connectivity index is 0.00000280. The molecule has 3 rings (SSSR count). The van der Waals surface area contributed by atoms with Crippen molar-refractivity contribution in [2.24, 2.45) is 11.1 Å². The molecule has 1 fully saturated rings. The van der Waals surface area contributed by atoms with Gasteiger partial charge in [0.25, 0.3) is 0 Å². The number of aryl methyl sites for hydroxylation is 1. The van der Waals surface area contributed by atoms with Gasteiger partial charge in [0.05, 0.1) is 7.11 Å². The molecule has 0 bridgehead atoms. The van der Waals surface area contributed by atoms with Crippen molar-refractivity contribution in [3.8, 4) is 17.1 Å². The van der Waals surface area contributed by atoms with Crippen molar-refractivity contribution in [2.45, 2.75) is 45.6 Å². The molecule has 8 heteroatoms. The van der Waals surface area contributed by atoms with Crippen LogP contribution in [0.3, 0.4) is 0 Å². The van der Waals surface area contributed by atoms with E-state index in [-0.39, 0.29) is 29.8 Å². The Labute approximate surface area is 172 Å². The molecule has 0 saturated carbocycles. The minimum atomic E-state index is -0.0341. The van der Waals surface area contributed by atoms with Crippen molar-refractivity contribution >= 4 is 18.3 Å². The van der Waals surface area contributed by atoms with Crippen LogP contribution in [0.15, 0.2) is 28.8 Å². The highest BCUT2D eigenvalue weighted by Gasteiger charge is 2.35. The molecule has 1 aliphatic heterocycles. The molecule has 1 aromatic carbocycles. The fourth-order valence-electron chi connectivity index (χ4n) is 3.35. The number of carbonyl (C=O) groups excluding carboxylic acids is 1. The summed E-state index contributed by atoms with van der Waals surface area (Å²) in [6.45, 7) is 5.70. The highest BCUT2D eigenvalue weighted by Crippen LogP contribution is 2.28. The third kappa shape index (κ3) is 5.23. The highest BCUT2D eigenvalue weighted by atomic mass is 35.5. The van der Waals surface area contributed by atoms with Crippen LogP contribution in [-0.4, -0.2) is 47.2 Å². The van der Waals surface area contributed by atoms with Crippen LogP contribution < -0.4 is 10.5 Å². The summed E-state index contributed by atoms with van der Waals surface area (Å²) in [6, 6.07) is 7.64. The molecular formula is C20H29ClN4O3. The minimum absolute atomic E-state index is 0. The van der Waals surface area contributed by atoms with E-state index in [1.54, 1.807) is 7.11 Å². The maximum absolute atomic E-state index is 12.5. The number of halogens is 1. The van der Waals surface area contributed by atoms with Gasteiger partial charge in [-0.2, -0.15) is 4.98 Å². The summed E-state index contributed by atoms with van der Waals surface area (Å²) in [4.78, 5) is 18.8. The van der Waals surface area contributed by atoms with Gasteiger partial charge in [0.15, 0.2) is 0 Å². The zero-order valence-corrected chi connectivity index (χ0v) is 17.5. The predicted molar refractivity (Wildman–Crippen MR) is 109 cm³/mol. The third-order valence-corrected chi connectivity index (χ3v) is 5.26. The fourth-order valence-corrected chi connectivity index (χ4v) is 3.35. The number of hydrogen-bond acceptors (Lipinski definition) is 6. The number of rotatable bonds is 6. The Morgan fingerprint density at radius 2 is 2.07 bits per heavy atom. The summed E-state index contributed by atoms with van der Waals surface area (Å²) in [5.74, 6) is 2.05. The van der Waals surface area contributed by atoms with Crippen molar-refractivity contribution < 1.29 is 14.1 Å². The molecule has 0 spiro atoms. The first-order valence-electron chi connectivity index (χ1n) is 9.39. The van der Waals surface area contributed by atoms with Crippen molar-refractivity contribution in [2.75, 3.05) is 20.2 Å². The lowest BCUT2D eigenvalue weighted by Crippen LogP contribution is -2.53. The fraction of sp³-hybridized carbons (Fsp3) is 0.550. The predicted octanol–water partition coefficient (Wildman–Crippen LogP) is 3.08. The van der Waals surface area contributed by atoms with Crippen LogP contribution in [0.4, 0.5) is 0 Å². The number of methoxy groups -OCH3 is 1. The lowest BCUT2D eigenvalue weighted by atomic mass is 9.79. The molecule has 0 radical (unpaired) electrons. The van der Waals surface area contributed by atoms with Gasteiger partial charge in [0.1, 0.15) is 5.75 Å². The minimum Gasteiger partial charge on any atom is -0.497 e. The first-order valence-corrected chi connectivity index (χ1v) is 9.39. The van der Waals surface area contributed by atoms with E-state index in [2.05, 4.69) is 24.0 Å². The Bertz CT molecular complexity index is 776. The number of benzene rings is 1. The average Bonchev–Trinajstić information content (AvgIpc) is 3.12. The van der Waals surface area contributed by atoms with E-state index < -0.39 is 0 Å². The van der Waals surface area contributed by atoms with Crippen LogP contribution in [0.2, 0.25) is 0 Å². The summed E-state index contributed by atoms with van der Waals surface area (Å²) < 4.78 is 10.5. The molecule has 1 amide bonds. The van der Waals surface area contributed by atoms with Crippen LogP contribution in [0, 0.1) is 5.41 Å². The van der Waals surface area contributed by atoms with Gasteiger partial charge in [-0.15, -0.1) is 12.4 Å². The van der Waals surface area contributed by atoms with Crippen LogP contribution in [-0.2, 0) is 11.2 Å². The summed E-state index contributed by atoms with van der Waals surface area (Å²) >= 11 is 0. The summed E-state index contributed by atoms with van der Waals surface area (Å²) in [5.41, 5.74) is 6.98. The van der Waals surface area contributed by atoms with Crippen LogP contribution in [0.5, 0.6) is 5.75 Å².